The molecule has 0 aliphatic rings. The molecule has 0 spiro atoms. The molecule has 0 saturated heterocycles. The van der Waals surface area contributed by atoms with Gasteiger partial charge in [0.2, 0.25) is 0 Å². The zero-order chi connectivity index (χ0) is 16.8. The van der Waals surface area contributed by atoms with Crippen LogP contribution in [0.1, 0.15) is 16.8 Å². The smallest absolute Gasteiger partial charge is 0.134 e. The summed E-state index contributed by atoms with van der Waals surface area (Å²) >= 11 is 0. The van der Waals surface area contributed by atoms with E-state index in [1.165, 1.54) is 33.1 Å². The molecule has 0 atom stereocenters. The first-order chi connectivity index (χ1) is 11.5. The minimum Gasteiger partial charge on any atom is -0.348 e. The summed E-state index contributed by atoms with van der Waals surface area (Å²) < 4.78 is 2.21. The topological polar surface area (TPSA) is 29.9 Å². The second kappa shape index (κ2) is 5.38. The van der Waals surface area contributed by atoms with E-state index in [0.717, 1.165) is 17.0 Å². The number of rotatable bonds is 2. The Morgan fingerprint density at radius 3 is 2.54 bits per heavy atom. The van der Waals surface area contributed by atoms with E-state index in [-0.39, 0.29) is 0 Å². The van der Waals surface area contributed by atoms with Crippen molar-refractivity contribution in [3.8, 4) is 0 Å². The molecule has 0 aliphatic heterocycles. The van der Waals surface area contributed by atoms with E-state index >= 15 is 0 Å². The first-order valence-electron chi connectivity index (χ1n) is 8.23. The van der Waals surface area contributed by atoms with E-state index in [1.54, 1.807) is 0 Å². The Balaban J connectivity index is 1.80. The Labute approximate surface area is 142 Å². The average molecular weight is 315 g/mol. The van der Waals surface area contributed by atoms with Crippen molar-refractivity contribution in [2.45, 2.75) is 20.8 Å². The SMILES string of the molecule is Cc1c(Nc2ccc3c(c2)cc(C)n3C)nc2ccccc2c1C. The Kier molecular flexibility index (Phi) is 3.31. The lowest BCUT2D eigenvalue weighted by molar-refractivity contribution is 0.918. The lowest BCUT2D eigenvalue weighted by Crippen LogP contribution is -1.99. The van der Waals surface area contributed by atoms with Crippen LogP contribution in [0.15, 0.2) is 48.5 Å². The van der Waals surface area contributed by atoms with Crippen molar-refractivity contribution in [2.75, 3.05) is 5.32 Å². The van der Waals surface area contributed by atoms with Gasteiger partial charge >= 0.3 is 0 Å². The third-order valence-corrected chi connectivity index (χ3v) is 5.00. The van der Waals surface area contributed by atoms with Gasteiger partial charge < -0.3 is 9.88 Å². The van der Waals surface area contributed by atoms with Crippen molar-refractivity contribution in [1.29, 1.82) is 0 Å². The average Bonchev–Trinajstić information content (AvgIpc) is 2.86. The summed E-state index contributed by atoms with van der Waals surface area (Å²) in [7, 11) is 2.10. The van der Waals surface area contributed by atoms with Crippen molar-refractivity contribution < 1.29 is 0 Å². The van der Waals surface area contributed by atoms with Gasteiger partial charge in [-0.1, -0.05) is 18.2 Å². The van der Waals surface area contributed by atoms with E-state index in [0.29, 0.717) is 0 Å². The molecular formula is C21H21N3. The number of aryl methyl sites for hydroxylation is 3. The highest BCUT2D eigenvalue weighted by Crippen LogP contribution is 2.29. The first kappa shape index (κ1) is 14.8. The zero-order valence-electron chi connectivity index (χ0n) is 14.5. The van der Waals surface area contributed by atoms with Gasteiger partial charge in [0, 0.05) is 34.7 Å². The molecule has 2 aromatic carbocycles. The second-order valence-corrected chi connectivity index (χ2v) is 6.47. The van der Waals surface area contributed by atoms with Gasteiger partial charge in [0.15, 0.2) is 0 Å². The minimum absolute atomic E-state index is 0.929. The molecule has 0 unspecified atom stereocenters. The molecule has 3 nitrogen and oxygen atoms in total. The molecule has 0 aliphatic carbocycles. The molecule has 1 N–H and O–H groups in total. The van der Waals surface area contributed by atoms with Crippen molar-refractivity contribution in [3.63, 3.8) is 0 Å². The molecule has 0 fully saturated rings. The van der Waals surface area contributed by atoms with Gasteiger partial charge in [-0.3, -0.25) is 0 Å². The van der Waals surface area contributed by atoms with Crippen molar-refractivity contribution in [2.24, 2.45) is 7.05 Å². The molecule has 0 saturated carbocycles. The molecule has 0 amide bonds. The number of para-hydroxylation sites is 1. The fourth-order valence-corrected chi connectivity index (χ4v) is 3.30. The van der Waals surface area contributed by atoms with E-state index in [9.17, 15) is 0 Å². The quantitative estimate of drug-likeness (QED) is 0.537. The van der Waals surface area contributed by atoms with Crippen molar-refractivity contribution in [1.82, 2.24) is 9.55 Å². The van der Waals surface area contributed by atoms with Gasteiger partial charge in [-0.2, -0.15) is 0 Å². The molecule has 3 heteroatoms. The van der Waals surface area contributed by atoms with Gasteiger partial charge in [-0.15, -0.1) is 0 Å². The maximum Gasteiger partial charge on any atom is 0.134 e. The van der Waals surface area contributed by atoms with Crippen LogP contribution < -0.4 is 5.32 Å². The van der Waals surface area contributed by atoms with Crippen LogP contribution in [0, 0.1) is 20.8 Å². The predicted octanol–water partition coefficient (Wildman–Crippen LogP) is 5.40. The summed E-state index contributed by atoms with van der Waals surface area (Å²) in [5, 5.41) is 5.97. The number of aromatic nitrogens is 2. The highest BCUT2D eigenvalue weighted by molar-refractivity contribution is 5.88. The number of anilines is 2. The molecule has 0 radical (unpaired) electrons. The molecule has 4 rings (SSSR count). The van der Waals surface area contributed by atoms with Crippen LogP contribution in [0.25, 0.3) is 21.8 Å². The Hall–Kier alpha value is -2.81. The van der Waals surface area contributed by atoms with Crippen molar-refractivity contribution in [3.05, 3.63) is 65.4 Å². The van der Waals surface area contributed by atoms with E-state index in [2.05, 4.69) is 80.2 Å². The van der Waals surface area contributed by atoms with Gasteiger partial charge in [-0.05, 0) is 62.2 Å². The number of benzene rings is 2. The van der Waals surface area contributed by atoms with Crippen molar-refractivity contribution >= 4 is 33.3 Å². The Bertz CT molecular complexity index is 1070. The summed E-state index contributed by atoms with van der Waals surface area (Å²) in [5.41, 5.74) is 7.08. The van der Waals surface area contributed by atoms with Crippen LogP contribution in [-0.4, -0.2) is 9.55 Å². The lowest BCUT2D eigenvalue weighted by atomic mass is 10.0. The largest absolute Gasteiger partial charge is 0.348 e. The van der Waals surface area contributed by atoms with Crippen LogP contribution in [0.5, 0.6) is 0 Å². The van der Waals surface area contributed by atoms with Crippen LogP contribution in [0.2, 0.25) is 0 Å². The second-order valence-electron chi connectivity index (χ2n) is 6.47. The number of fused-ring (bicyclic) bond motifs is 2. The lowest BCUT2D eigenvalue weighted by Gasteiger charge is -2.13. The van der Waals surface area contributed by atoms with Gasteiger partial charge in [-0.25, -0.2) is 4.98 Å². The maximum atomic E-state index is 4.82. The number of hydrogen-bond donors (Lipinski definition) is 1. The van der Waals surface area contributed by atoms with Crippen LogP contribution >= 0.6 is 0 Å². The van der Waals surface area contributed by atoms with Crippen LogP contribution in [0.4, 0.5) is 11.5 Å². The number of pyridine rings is 1. The van der Waals surface area contributed by atoms with Crippen LogP contribution in [-0.2, 0) is 7.05 Å². The highest BCUT2D eigenvalue weighted by Gasteiger charge is 2.09. The minimum atomic E-state index is 0.929. The number of hydrogen-bond acceptors (Lipinski definition) is 2. The molecule has 24 heavy (non-hydrogen) atoms. The molecule has 120 valence electrons. The molecule has 2 heterocycles. The summed E-state index contributed by atoms with van der Waals surface area (Å²) in [6, 6.07) is 17.0. The van der Waals surface area contributed by atoms with Gasteiger partial charge in [0.05, 0.1) is 5.52 Å². The summed E-state index contributed by atoms with van der Waals surface area (Å²) in [4.78, 5) is 4.82. The van der Waals surface area contributed by atoms with E-state index in [4.69, 9.17) is 4.98 Å². The third-order valence-electron chi connectivity index (χ3n) is 5.00. The van der Waals surface area contributed by atoms with Gasteiger partial charge in [0.1, 0.15) is 5.82 Å². The fraction of sp³-hybridized carbons (Fsp3) is 0.190. The first-order valence-corrected chi connectivity index (χ1v) is 8.23. The maximum absolute atomic E-state index is 4.82. The third kappa shape index (κ3) is 2.24. The monoisotopic (exact) mass is 315 g/mol. The zero-order valence-corrected chi connectivity index (χ0v) is 14.5. The number of nitrogens with zero attached hydrogens (tertiary/aromatic N) is 2. The fourth-order valence-electron chi connectivity index (χ4n) is 3.30. The highest BCUT2D eigenvalue weighted by atomic mass is 15.0. The molecular weight excluding hydrogens is 294 g/mol. The molecule has 4 aromatic rings. The Morgan fingerprint density at radius 2 is 1.71 bits per heavy atom. The molecule has 2 aromatic heterocycles. The van der Waals surface area contributed by atoms with Gasteiger partial charge in [0.25, 0.3) is 0 Å². The van der Waals surface area contributed by atoms with E-state index in [1.807, 2.05) is 6.07 Å². The number of nitrogens with one attached hydrogen (secondary N) is 1. The summed E-state index contributed by atoms with van der Waals surface area (Å²) in [6.45, 7) is 6.42. The summed E-state index contributed by atoms with van der Waals surface area (Å²) in [5.74, 6) is 0.929. The Morgan fingerprint density at radius 1 is 0.917 bits per heavy atom. The standard InChI is InChI=1S/C21H21N3/c1-13-11-16-12-17(9-10-20(16)24(13)4)22-21-15(3)14(2)18-7-5-6-8-19(18)23-21/h5-12H,1-4H3,(H,22,23). The molecule has 0 bridgehead atoms. The van der Waals surface area contributed by atoms with Crippen LogP contribution in [0.3, 0.4) is 0 Å². The normalized spacial score (nSPS) is 11.3. The predicted molar refractivity (Wildman–Crippen MR) is 102 cm³/mol. The van der Waals surface area contributed by atoms with E-state index < -0.39 is 0 Å². The summed E-state index contributed by atoms with van der Waals surface area (Å²) in [6.07, 6.45) is 0.